The summed E-state index contributed by atoms with van der Waals surface area (Å²) in [5.74, 6) is 0. The lowest BCUT2D eigenvalue weighted by atomic mass is 10.3. The third-order valence-corrected chi connectivity index (χ3v) is 0.670. The van der Waals surface area contributed by atoms with Crippen LogP contribution in [0.15, 0.2) is 5.28 Å². The van der Waals surface area contributed by atoms with Gasteiger partial charge in [0.25, 0.3) is 0 Å². The number of hydrogen-bond acceptors (Lipinski definition) is 2. The lowest BCUT2D eigenvalue weighted by Gasteiger charge is -2.02. The van der Waals surface area contributed by atoms with E-state index in [-0.39, 0.29) is 6.10 Å². The van der Waals surface area contributed by atoms with Gasteiger partial charge in [0, 0.05) is 4.91 Å². The van der Waals surface area contributed by atoms with Gasteiger partial charge in [0.15, 0.2) is 0 Å². The van der Waals surface area contributed by atoms with Crippen LogP contribution in [0.25, 0.3) is 10.4 Å². The SMILES string of the molecule is [CH2]CC(C)ON=[N+]=[N-]. The van der Waals surface area contributed by atoms with E-state index in [0.29, 0.717) is 6.42 Å². The Morgan fingerprint density at radius 1 is 2.00 bits per heavy atom. The van der Waals surface area contributed by atoms with E-state index in [2.05, 4.69) is 22.0 Å². The molecule has 1 radical (unpaired) electrons. The van der Waals surface area contributed by atoms with Gasteiger partial charge >= 0.3 is 0 Å². The van der Waals surface area contributed by atoms with Gasteiger partial charge < -0.3 is 4.84 Å². The van der Waals surface area contributed by atoms with Crippen LogP contribution < -0.4 is 0 Å². The molecule has 0 spiro atoms. The van der Waals surface area contributed by atoms with Gasteiger partial charge in [-0.15, -0.1) is 0 Å². The summed E-state index contributed by atoms with van der Waals surface area (Å²) in [6.45, 7) is 5.31. The fraction of sp³-hybridized carbons (Fsp3) is 0.750. The van der Waals surface area contributed by atoms with Crippen LogP contribution in [-0.2, 0) is 4.84 Å². The molecule has 0 aromatic heterocycles. The third kappa shape index (κ3) is 3.31. The van der Waals surface area contributed by atoms with Crippen molar-refractivity contribution in [1.29, 1.82) is 0 Å². The number of rotatable bonds is 3. The van der Waals surface area contributed by atoms with E-state index in [0.717, 1.165) is 0 Å². The first-order valence-electron chi connectivity index (χ1n) is 2.30. The molecule has 1 atom stereocenters. The van der Waals surface area contributed by atoms with E-state index in [1.165, 1.54) is 0 Å². The Morgan fingerprint density at radius 2 is 2.62 bits per heavy atom. The van der Waals surface area contributed by atoms with Gasteiger partial charge in [-0.2, -0.15) is 0 Å². The predicted molar refractivity (Wildman–Crippen MR) is 29.7 cm³/mol. The Kier molecular flexibility index (Phi) is 3.80. The van der Waals surface area contributed by atoms with Gasteiger partial charge in [-0.25, -0.2) is 0 Å². The van der Waals surface area contributed by atoms with Crippen molar-refractivity contribution in [1.82, 2.24) is 0 Å². The molecule has 0 bridgehead atoms. The predicted octanol–water partition coefficient (Wildman–Crippen LogP) is 1.84. The van der Waals surface area contributed by atoms with Gasteiger partial charge in [-0.05, 0) is 25.8 Å². The number of nitrogens with zero attached hydrogens (tertiary/aromatic N) is 3. The van der Waals surface area contributed by atoms with E-state index in [1.807, 2.05) is 0 Å². The summed E-state index contributed by atoms with van der Waals surface area (Å²) in [6, 6.07) is 0. The second-order valence-corrected chi connectivity index (χ2v) is 1.38. The molecular formula is C4H8N3O. The van der Waals surface area contributed by atoms with Gasteiger partial charge in [0.1, 0.15) is 11.4 Å². The minimum absolute atomic E-state index is 0.0779. The van der Waals surface area contributed by atoms with Crippen molar-refractivity contribution in [3.05, 3.63) is 17.4 Å². The topological polar surface area (TPSA) is 58.0 Å². The normalized spacial score (nSPS) is 11.8. The average molecular weight is 114 g/mol. The fourth-order valence-corrected chi connectivity index (χ4v) is 0.154. The Hall–Kier alpha value is -0.890. The van der Waals surface area contributed by atoms with Crippen molar-refractivity contribution >= 4 is 0 Å². The highest BCUT2D eigenvalue weighted by molar-refractivity contribution is 4.48. The van der Waals surface area contributed by atoms with Crippen molar-refractivity contribution in [3.8, 4) is 0 Å². The van der Waals surface area contributed by atoms with E-state index in [1.54, 1.807) is 6.92 Å². The van der Waals surface area contributed by atoms with Gasteiger partial charge in [-0.1, -0.05) is 0 Å². The van der Waals surface area contributed by atoms with Crippen molar-refractivity contribution in [2.75, 3.05) is 0 Å². The molecule has 0 amide bonds. The minimum Gasteiger partial charge on any atom is -0.431 e. The monoisotopic (exact) mass is 114 g/mol. The van der Waals surface area contributed by atoms with Crippen molar-refractivity contribution < 1.29 is 4.84 Å². The molecule has 0 aliphatic rings. The number of hydrogen-bond donors (Lipinski definition) is 0. The summed E-state index contributed by atoms with van der Waals surface area (Å²) in [5.41, 5.74) is 7.72. The molecule has 4 nitrogen and oxygen atoms in total. The molecular weight excluding hydrogens is 106 g/mol. The average Bonchev–Trinajstić information content (AvgIpc) is 1.83. The Bertz CT molecular complexity index is 97.5. The molecule has 0 aliphatic heterocycles. The number of azide groups is 1. The maximum absolute atomic E-state index is 7.72. The second-order valence-electron chi connectivity index (χ2n) is 1.38. The highest BCUT2D eigenvalue weighted by Gasteiger charge is 1.92. The van der Waals surface area contributed by atoms with E-state index in [9.17, 15) is 0 Å². The maximum atomic E-state index is 7.72. The first kappa shape index (κ1) is 7.11. The summed E-state index contributed by atoms with van der Waals surface area (Å²) >= 11 is 0. The molecule has 1 unspecified atom stereocenters. The minimum atomic E-state index is -0.0779. The zero-order valence-corrected chi connectivity index (χ0v) is 4.74. The Balaban J connectivity index is 3.23. The molecule has 0 saturated heterocycles. The summed E-state index contributed by atoms with van der Waals surface area (Å²) < 4.78 is 0. The molecule has 0 saturated carbocycles. The van der Waals surface area contributed by atoms with Gasteiger partial charge in [-0.3, -0.25) is 0 Å². The van der Waals surface area contributed by atoms with Crippen molar-refractivity contribution in [2.45, 2.75) is 19.4 Å². The van der Waals surface area contributed by atoms with Crippen LogP contribution in [0.2, 0.25) is 0 Å². The van der Waals surface area contributed by atoms with Crippen LogP contribution in [0.3, 0.4) is 0 Å². The molecule has 0 N–H and O–H groups in total. The van der Waals surface area contributed by atoms with E-state index in [4.69, 9.17) is 5.53 Å². The van der Waals surface area contributed by atoms with Crippen LogP contribution in [0.5, 0.6) is 0 Å². The van der Waals surface area contributed by atoms with Gasteiger partial charge in [0.05, 0.1) is 0 Å². The highest BCUT2D eigenvalue weighted by Crippen LogP contribution is 1.94. The zero-order valence-electron chi connectivity index (χ0n) is 4.74. The molecule has 0 aromatic rings. The molecule has 0 fully saturated rings. The fourth-order valence-electron chi connectivity index (χ4n) is 0.154. The summed E-state index contributed by atoms with van der Waals surface area (Å²) in [6.07, 6.45) is 0.532. The highest BCUT2D eigenvalue weighted by atomic mass is 16.6. The van der Waals surface area contributed by atoms with Crippen LogP contribution >= 0.6 is 0 Å². The van der Waals surface area contributed by atoms with E-state index >= 15 is 0 Å². The van der Waals surface area contributed by atoms with E-state index < -0.39 is 0 Å². The molecule has 45 valence electrons. The third-order valence-electron chi connectivity index (χ3n) is 0.670. The second kappa shape index (κ2) is 4.27. The first-order valence-corrected chi connectivity index (χ1v) is 2.30. The lowest BCUT2D eigenvalue weighted by molar-refractivity contribution is 0.0694. The van der Waals surface area contributed by atoms with Crippen LogP contribution in [0.1, 0.15) is 13.3 Å². The zero-order chi connectivity index (χ0) is 6.41. The summed E-state index contributed by atoms with van der Waals surface area (Å²) in [7, 11) is 0. The molecule has 0 rings (SSSR count). The molecule has 0 heterocycles. The Labute approximate surface area is 48.0 Å². The quantitative estimate of drug-likeness (QED) is 0.239. The largest absolute Gasteiger partial charge is 0.431 e. The standard InChI is InChI=1S/C4H8N3O/c1-3-4(2)8-7-6-5/h4H,1,3H2,2H3. The van der Waals surface area contributed by atoms with Crippen molar-refractivity contribution in [2.24, 2.45) is 5.28 Å². The summed E-state index contributed by atoms with van der Waals surface area (Å²) in [4.78, 5) is 6.88. The van der Waals surface area contributed by atoms with Gasteiger partial charge in [0.2, 0.25) is 0 Å². The maximum Gasteiger partial charge on any atom is 0.111 e. The van der Waals surface area contributed by atoms with Crippen LogP contribution in [0, 0.1) is 6.92 Å². The summed E-state index contributed by atoms with van der Waals surface area (Å²) in [5, 5.41) is 2.88. The molecule has 8 heavy (non-hydrogen) atoms. The Morgan fingerprint density at radius 3 is 3.00 bits per heavy atom. The molecule has 0 aromatic carbocycles. The van der Waals surface area contributed by atoms with Crippen molar-refractivity contribution in [3.63, 3.8) is 0 Å². The lowest BCUT2D eigenvalue weighted by Crippen LogP contribution is -1.99. The van der Waals surface area contributed by atoms with Crippen LogP contribution in [0.4, 0.5) is 0 Å². The van der Waals surface area contributed by atoms with Crippen LogP contribution in [-0.4, -0.2) is 6.10 Å². The molecule has 4 heteroatoms. The first-order chi connectivity index (χ1) is 3.81. The smallest absolute Gasteiger partial charge is 0.111 e. The molecule has 0 aliphatic carbocycles.